The van der Waals surface area contributed by atoms with Crippen LogP contribution in [0.5, 0.6) is 0 Å². The van der Waals surface area contributed by atoms with Crippen molar-refractivity contribution in [1.29, 1.82) is 0 Å². The molecule has 0 heterocycles. The van der Waals surface area contributed by atoms with Crippen molar-refractivity contribution in [2.24, 2.45) is 11.8 Å². The highest BCUT2D eigenvalue weighted by Gasteiger charge is 2.25. The van der Waals surface area contributed by atoms with E-state index in [9.17, 15) is 9.18 Å². The fourth-order valence-electron chi connectivity index (χ4n) is 2.91. The van der Waals surface area contributed by atoms with Crippen LogP contribution in [-0.2, 0) is 11.2 Å². The summed E-state index contributed by atoms with van der Waals surface area (Å²) in [4.78, 5) is 12.2. The van der Waals surface area contributed by atoms with E-state index in [4.69, 9.17) is 11.6 Å². The second-order valence-electron chi connectivity index (χ2n) is 5.48. The lowest BCUT2D eigenvalue weighted by Gasteiger charge is -2.26. The van der Waals surface area contributed by atoms with Crippen molar-refractivity contribution >= 4 is 17.4 Å². The number of rotatable bonds is 4. The topological polar surface area (TPSA) is 17.1 Å². The molecule has 1 aliphatic rings. The summed E-state index contributed by atoms with van der Waals surface area (Å²) in [6.07, 6.45) is 5.71. The van der Waals surface area contributed by atoms with Crippen molar-refractivity contribution in [3.05, 3.63) is 34.6 Å². The molecule has 1 nitrogen and oxygen atoms in total. The molecule has 0 bridgehead atoms. The third-order valence-electron chi connectivity index (χ3n) is 4.28. The molecule has 0 amide bonds. The van der Waals surface area contributed by atoms with Crippen LogP contribution in [0.3, 0.4) is 0 Å². The van der Waals surface area contributed by atoms with Gasteiger partial charge in [0, 0.05) is 12.3 Å². The van der Waals surface area contributed by atoms with Gasteiger partial charge in [-0.25, -0.2) is 4.39 Å². The maximum absolute atomic E-state index is 13.3. The zero-order chi connectivity index (χ0) is 13.8. The molecule has 0 N–H and O–H groups in total. The Kier molecular flexibility index (Phi) is 4.98. The van der Waals surface area contributed by atoms with E-state index in [-0.39, 0.29) is 23.1 Å². The van der Waals surface area contributed by atoms with E-state index in [1.807, 2.05) is 0 Å². The molecule has 104 valence electrons. The van der Waals surface area contributed by atoms with Gasteiger partial charge in [-0.05, 0) is 43.2 Å². The number of halogens is 2. The number of carbonyl (C=O) groups is 1. The van der Waals surface area contributed by atoms with Crippen LogP contribution in [0.1, 0.15) is 44.6 Å². The van der Waals surface area contributed by atoms with Crippen LogP contribution in [0.25, 0.3) is 0 Å². The number of Topliss-reactive ketones (excluding diaryl/α,β-unsaturated/α-hetero) is 1. The molecule has 0 saturated heterocycles. The number of hydrogen-bond acceptors (Lipinski definition) is 1. The molecule has 1 aliphatic carbocycles. The lowest BCUT2D eigenvalue weighted by atomic mass is 9.78. The molecule has 1 aromatic carbocycles. The third-order valence-corrected chi connectivity index (χ3v) is 4.70. The summed E-state index contributed by atoms with van der Waals surface area (Å²) in [7, 11) is 0. The van der Waals surface area contributed by atoms with Crippen molar-refractivity contribution in [3.8, 4) is 0 Å². The van der Waals surface area contributed by atoms with Crippen LogP contribution >= 0.6 is 11.6 Å². The summed E-state index contributed by atoms with van der Waals surface area (Å²) < 4.78 is 13.3. The highest BCUT2D eigenvalue weighted by molar-refractivity contribution is 6.31. The van der Waals surface area contributed by atoms with E-state index in [0.29, 0.717) is 5.56 Å². The molecule has 1 aromatic rings. The van der Waals surface area contributed by atoms with Gasteiger partial charge < -0.3 is 0 Å². The van der Waals surface area contributed by atoms with Gasteiger partial charge in [0.25, 0.3) is 0 Å². The normalized spacial score (nSPS) is 23.3. The number of carbonyl (C=O) groups excluding carboxylic acids is 1. The number of benzene rings is 1. The molecule has 0 unspecified atom stereocenters. The molecular formula is C16H20ClFO. The molecule has 0 aromatic heterocycles. The summed E-state index contributed by atoms with van der Waals surface area (Å²) in [5.41, 5.74) is 0.615. The molecule has 19 heavy (non-hydrogen) atoms. The van der Waals surface area contributed by atoms with Crippen LogP contribution in [0.2, 0.25) is 5.02 Å². The van der Waals surface area contributed by atoms with Crippen LogP contribution in [0.15, 0.2) is 18.2 Å². The van der Waals surface area contributed by atoms with E-state index in [1.165, 1.54) is 12.5 Å². The van der Waals surface area contributed by atoms with Gasteiger partial charge >= 0.3 is 0 Å². The number of hydrogen-bond donors (Lipinski definition) is 0. The molecule has 0 radical (unpaired) electrons. The molecule has 0 atom stereocenters. The SMILES string of the molecule is CCC1CCC(C(=O)Cc2cccc(F)c2Cl)CC1. The van der Waals surface area contributed by atoms with E-state index < -0.39 is 5.82 Å². The second kappa shape index (κ2) is 6.51. The van der Waals surface area contributed by atoms with Crippen LogP contribution < -0.4 is 0 Å². The molecule has 1 fully saturated rings. The fourth-order valence-corrected chi connectivity index (χ4v) is 3.10. The lowest BCUT2D eigenvalue weighted by molar-refractivity contribution is -0.123. The van der Waals surface area contributed by atoms with Gasteiger partial charge in [0.15, 0.2) is 0 Å². The average molecular weight is 283 g/mol. The third kappa shape index (κ3) is 3.56. The van der Waals surface area contributed by atoms with Crippen LogP contribution in [-0.4, -0.2) is 5.78 Å². The van der Waals surface area contributed by atoms with Crippen LogP contribution in [0, 0.1) is 17.7 Å². The van der Waals surface area contributed by atoms with Crippen molar-refractivity contribution in [3.63, 3.8) is 0 Å². The van der Waals surface area contributed by atoms with Gasteiger partial charge in [0.1, 0.15) is 11.6 Å². The first-order valence-electron chi connectivity index (χ1n) is 7.07. The second-order valence-corrected chi connectivity index (χ2v) is 5.86. The van der Waals surface area contributed by atoms with E-state index in [2.05, 4.69) is 6.92 Å². The largest absolute Gasteiger partial charge is 0.299 e. The first-order valence-corrected chi connectivity index (χ1v) is 7.45. The molecular weight excluding hydrogens is 263 g/mol. The molecule has 1 saturated carbocycles. The minimum absolute atomic E-state index is 0.0955. The Morgan fingerprint density at radius 1 is 1.32 bits per heavy atom. The summed E-state index contributed by atoms with van der Waals surface area (Å²) in [6.45, 7) is 2.21. The van der Waals surface area contributed by atoms with Gasteiger partial charge in [-0.15, -0.1) is 0 Å². The quantitative estimate of drug-likeness (QED) is 0.775. The summed E-state index contributed by atoms with van der Waals surface area (Å²) in [6, 6.07) is 4.67. The Balaban J connectivity index is 1.96. The Labute approximate surface area is 119 Å². The van der Waals surface area contributed by atoms with Gasteiger partial charge in [-0.3, -0.25) is 4.79 Å². The molecule has 2 rings (SSSR count). The Bertz CT molecular complexity index is 450. The minimum Gasteiger partial charge on any atom is -0.299 e. The average Bonchev–Trinajstić information content (AvgIpc) is 2.44. The lowest BCUT2D eigenvalue weighted by Crippen LogP contribution is -2.23. The monoisotopic (exact) mass is 282 g/mol. The Hall–Kier alpha value is -0.890. The first kappa shape index (κ1) is 14.5. The Morgan fingerprint density at radius 3 is 2.63 bits per heavy atom. The van der Waals surface area contributed by atoms with Gasteiger partial charge in [-0.1, -0.05) is 37.1 Å². The fraction of sp³-hybridized carbons (Fsp3) is 0.562. The molecule has 0 aliphatic heterocycles. The maximum atomic E-state index is 13.3. The van der Waals surface area contributed by atoms with Crippen LogP contribution in [0.4, 0.5) is 4.39 Å². The minimum atomic E-state index is -0.443. The first-order chi connectivity index (χ1) is 9.11. The predicted molar refractivity (Wildman–Crippen MR) is 75.9 cm³/mol. The smallest absolute Gasteiger partial charge is 0.142 e. The highest BCUT2D eigenvalue weighted by Crippen LogP contribution is 2.32. The van der Waals surface area contributed by atoms with Crippen molar-refractivity contribution in [2.75, 3.05) is 0 Å². The van der Waals surface area contributed by atoms with Gasteiger partial charge in [0.05, 0.1) is 5.02 Å². The summed E-state index contributed by atoms with van der Waals surface area (Å²) in [5, 5.41) is 0.0955. The van der Waals surface area contributed by atoms with Crippen molar-refractivity contribution < 1.29 is 9.18 Å². The van der Waals surface area contributed by atoms with E-state index in [0.717, 1.165) is 31.6 Å². The maximum Gasteiger partial charge on any atom is 0.142 e. The predicted octanol–water partition coefficient (Wildman–Crippen LogP) is 4.81. The zero-order valence-corrected chi connectivity index (χ0v) is 12.0. The zero-order valence-electron chi connectivity index (χ0n) is 11.3. The van der Waals surface area contributed by atoms with E-state index >= 15 is 0 Å². The molecule has 3 heteroatoms. The highest BCUT2D eigenvalue weighted by atomic mass is 35.5. The molecule has 0 spiro atoms. The number of ketones is 1. The van der Waals surface area contributed by atoms with Crippen molar-refractivity contribution in [2.45, 2.75) is 45.4 Å². The van der Waals surface area contributed by atoms with Crippen molar-refractivity contribution in [1.82, 2.24) is 0 Å². The Morgan fingerprint density at radius 2 is 2.00 bits per heavy atom. The summed E-state index contributed by atoms with van der Waals surface area (Å²) >= 11 is 5.89. The van der Waals surface area contributed by atoms with Gasteiger partial charge in [0.2, 0.25) is 0 Å². The van der Waals surface area contributed by atoms with E-state index in [1.54, 1.807) is 12.1 Å². The standard InChI is InChI=1S/C16H20ClFO/c1-2-11-6-8-12(9-7-11)15(19)10-13-4-3-5-14(18)16(13)17/h3-5,11-12H,2,6-10H2,1H3. The van der Waals surface area contributed by atoms with Gasteiger partial charge in [-0.2, -0.15) is 0 Å². The summed E-state index contributed by atoms with van der Waals surface area (Å²) in [5.74, 6) is 0.688.